The Kier molecular flexibility index (Phi) is 6.66. The molecule has 0 bridgehead atoms. The van der Waals surface area contributed by atoms with Crippen LogP contribution >= 0.6 is 11.8 Å². The fraction of sp³-hybridized carbons (Fsp3) is 0.200. The van der Waals surface area contributed by atoms with E-state index in [0.717, 1.165) is 5.56 Å². The van der Waals surface area contributed by atoms with Crippen LogP contribution in [-0.2, 0) is 11.3 Å². The van der Waals surface area contributed by atoms with Gasteiger partial charge in [0.15, 0.2) is 10.8 Å². The van der Waals surface area contributed by atoms with Gasteiger partial charge in [0.1, 0.15) is 0 Å². The number of rotatable bonds is 7. The summed E-state index contributed by atoms with van der Waals surface area (Å²) in [6.07, 6.45) is 2.21. The van der Waals surface area contributed by atoms with E-state index >= 15 is 0 Å². The van der Waals surface area contributed by atoms with E-state index in [1.807, 2.05) is 68.4 Å². The van der Waals surface area contributed by atoms with Crippen molar-refractivity contribution >= 4 is 28.7 Å². The predicted molar refractivity (Wildman–Crippen MR) is 128 cm³/mol. The number of carbonyl (C=O) groups is 1. The van der Waals surface area contributed by atoms with Crippen LogP contribution in [0.25, 0.3) is 16.7 Å². The lowest BCUT2D eigenvalue weighted by molar-refractivity contribution is -0.120. The molecule has 32 heavy (non-hydrogen) atoms. The highest BCUT2D eigenvalue weighted by molar-refractivity contribution is 8.00. The third-order valence-electron chi connectivity index (χ3n) is 5.13. The van der Waals surface area contributed by atoms with Crippen molar-refractivity contribution in [2.75, 3.05) is 0 Å². The molecule has 2 heterocycles. The fourth-order valence-corrected chi connectivity index (χ4v) is 4.39. The van der Waals surface area contributed by atoms with Crippen LogP contribution in [0, 0.1) is 6.92 Å². The van der Waals surface area contributed by atoms with Gasteiger partial charge in [-0.25, -0.2) is 9.97 Å². The van der Waals surface area contributed by atoms with Crippen LogP contribution in [-0.4, -0.2) is 25.7 Å². The average Bonchev–Trinajstić information content (AvgIpc) is 2.82. The van der Waals surface area contributed by atoms with E-state index in [4.69, 9.17) is 0 Å². The predicted octanol–water partition coefficient (Wildman–Crippen LogP) is 4.28. The van der Waals surface area contributed by atoms with Gasteiger partial charge in [0.2, 0.25) is 5.91 Å². The van der Waals surface area contributed by atoms with Gasteiger partial charge in [0.25, 0.3) is 5.56 Å². The quantitative estimate of drug-likeness (QED) is 0.340. The molecule has 0 aliphatic heterocycles. The molecule has 2 aromatic carbocycles. The molecule has 6 nitrogen and oxygen atoms in total. The molecule has 2 aromatic heterocycles. The minimum atomic E-state index is -0.400. The number of thioether (sulfide) groups is 1. The van der Waals surface area contributed by atoms with Gasteiger partial charge in [-0.1, -0.05) is 66.7 Å². The number of pyridine rings is 1. The van der Waals surface area contributed by atoms with Crippen molar-refractivity contribution in [2.45, 2.75) is 37.2 Å². The third-order valence-corrected chi connectivity index (χ3v) is 6.44. The summed E-state index contributed by atoms with van der Waals surface area (Å²) in [7, 11) is 0. The van der Waals surface area contributed by atoms with Crippen LogP contribution in [0.4, 0.5) is 0 Å². The highest BCUT2D eigenvalue weighted by atomic mass is 32.2. The van der Waals surface area contributed by atoms with Crippen LogP contribution in [0.1, 0.15) is 24.5 Å². The van der Waals surface area contributed by atoms with E-state index in [2.05, 4.69) is 15.3 Å². The maximum Gasteiger partial charge on any atom is 0.268 e. The Labute approximate surface area is 190 Å². The second-order valence-corrected chi connectivity index (χ2v) is 8.63. The number of amides is 1. The molecule has 1 N–H and O–H groups in total. The maximum absolute atomic E-state index is 13.3. The first-order valence-electron chi connectivity index (χ1n) is 10.5. The minimum absolute atomic E-state index is 0.0898. The third kappa shape index (κ3) is 4.73. The zero-order chi connectivity index (χ0) is 22.5. The van der Waals surface area contributed by atoms with Crippen molar-refractivity contribution in [3.63, 3.8) is 0 Å². The molecule has 0 saturated heterocycles. The monoisotopic (exact) mass is 444 g/mol. The SMILES string of the molecule is CC[C@H](Sc1nc2ncccc2c(=O)n1-c1ccccc1)C(=O)NCc1ccc(C)cc1. The van der Waals surface area contributed by atoms with Crippen LogP contribution in [0.2, 0.25) is 0 Å². The number of benzene rings is 2. The Morgan fingerprint density at radius 2 is 1.81 bits per heavy atom. The molecule has 162 valence electrons. The Morgan fingerprint density at radius 1 is 1.06 bits per heavy atom. The summed E-state index contributed by atoms with van der Waals surface area (Å²) >= 11 is 1.28. The first kappa shape index (κ1) is 21.8. The van der Waals surface area contributed by atoms with E-state index in [1.54, 1.807) is 22.9 Å². The Morgan fingerprint density at radius 3 is 2.53 bits per heavy atom. The highest BCUT2D eigenvalue weighted by Crippen LogP contribution is 2.26. The maximum atomic E-state index is 13.3. The lowest BCUT2D eigenvalue weighted by Gasteiger charge is -2.18. The van der Waals surface area contributed by atoms with Crippen molar-refractivity contribution in [1.82, 2.24) is 19.9 Å². The lowest BCUT2D eigenvalue weighted by atomic mass is 10.1. The van der Waals surface area contributed by atoms with Crippen LogP contribution < -0.4 is 10.9 Å². The summed E-state index contributed by atoms with van der Waals surface area (Å²) in [5.41, 5.74) is 3.09. The van der Waals surface area contributed by atoms with Crippen LogP contribution in [0.15, 0.2) is 82.9 Å². The first-order valence-corrected chi connectivity index (χ1v) is 11.4. The molecule has 0 unspecified atom stereocenters. The van der Waals surface area contributed by atoms with E-state index in [0.29, 0.717) is 34.8 Å². The van der Waals surface area contributed by atoms with Gasteiger partial charge < -0.3 is 5.32 Å². The molecular weight excluding hydrogens is 420 g/mol. The van der Waals surface area contributed by atoms with Crippen molar-refractivity contribution in [2.24, 2.45) is 0 Å². The number of para-hydroxylation sites is 1. The zero-order valence-electron chi connectivity index (χ0n) is 18.0. The van der Waals surface area contributed by atoms with Crippen LogP contribution in [0.3, 0.4) is 0 Å². The Balaban J connectivity index is 1.64. The average molecular weight is 445 g/mol. The van der Waals surface area contributed by atoms with Gasteiger partial charge in [0.05, 0.1) is 16.3 Å². The van der Waals surface area contributed by atoms with Gasteiger partial charge in [0, 0.05) is 12.7 Å². The van der Waals surface area contributed by atoms with E-state index in [1.165, 1.54) is 17.3 Å². The van der Waals surface area contributed by atoms with Gasteiger partial charge in [-0.15, -0.1) is 0 Å². The van der Waals surface area contributed by atoms with Crippen LogP contribution in [0.5, 0.6) is 0 Å². The van der Waals surface area contributed by atoms with Gasteiger partial charge >= 0.3 is 0 Å². The number of nitrogens with one attached hydrogen (secondary N) is 1. The largest absolute Gasteiger partial charge is 0.351 e. The van der Waals surface area contributed by atoms with Gasteiger partial charge in [-0.2, -0.15) is 0 Å². The lowest BCUT2D eigenvalue weighted by Crippen LogP contribution is -2.33. The van der Waals surface area contributed by atoms with Crippen molar-refractivity contribution in [1.29, 1.82) is 0 Å². The Bertz CT molecular complexity index is 1290. The molecule has 0 aliphatic rings. The topological polar surface area (TPSA) is 76.9 Å². The minimum Gasteiger partial charge on any atom is -0.351 e. The molecule has 1 amide bonds. The zero-order valence-corrected chi connectivity index (χ0v) is 18.8. The summed E-state index contributed by atoms with van der Waals surface area (Å²) in [6, 6.07) is 20.9. The van der Waals surface area contributed by atoms with E-state index in [-0.39, 0.29) is 11.5 Å². The number of aryl methyl sites for hydroxylation is 1. The standard InChI is InChI=1S/C25H24N4O2S/c1-3-21(23(30)27-16-18-13-11-17(2)12-14-18)32-25-28-22-20(10-7-15-26-22)24(31)29(25)19-8-5-4-6-9-19/h4-15,21H,3,16H2,1-2H3,(H,27,30)/t21-/m0/s1. The smallest absolute Gasteiger partial charge is 0.268 e. The molecule has 0 saturated carbocycles. The number of aromatic nitrogens is 3. The molecule has 1 atom stereocenters. The van der Waals surface area contributed by atoms with E-state index in [9.17, 15) is 9.59 Å². The molecule has 0 aliphatic carbocycles. The molecule has 0 fully saturated rings. The Hall–Kier alpha value is -3.45. The normalized spacial score (nSPS) is 11.9. The first-order chi connectivity index (χ1) is 15.6. The second-order valence-electron chi connectivity index (χ2n) is 7.46. The molecule has 4 rings (SSSR count). The number of fused-ring (bicyclic) bond motifs is 1. The van der Waals surface area contributed by atoms with E-state index < -0.39 is 5.25 Å². The summed E-state index contributed by atoms with van der Waals surface area (Å²) < 4.78 is 1.56. The molecular formula is C25H24N4O2S. The number of hydrogen-bond donors (Lipinski definition) is 1. The number of nitrogens with zero attached hydrogens (tertiary/aromatic N) is 3. The summed E-state index contributed by atoms with van der Waals surface area (Å²) in [5, 5.41) is 3.50. The van der Waals surface area contributed by atoms with Gasteiger partial charge in [-0.05, 0) is 43.2 Å². The fourth-order valence-electron chi connectivity index (χ4n) is 3.34. The van der Waals surface area contributed by atoms with Crippen molar-refractivity contribution in [3.05, 3.63) is 94.4 Å². The molecule has 4 aromatic rings. The summed E-state index contributed by atoms with van der Waals surface area (Å²) in [4.78, 5) is 35.2. The molecule has 0 radical (unpaired) electrons. The summed E-state index contributed by atoms with van der Waals surface area (Å²) in [6.45, 7) is 4.44. The highest BCUT2D eigenvalue weighted by Gasteiger charge is 2.22. The van der Waals surface area contributed by atoms with Gasteiger partial charge in [-0.3, -0.25) is 14.2 Å². The van der Waals surface area contributed by atoms with Crippen molar-refractivity contribution < 1.29 is 4.79 Å². The molecule has 0 spiro atoms. The number of hydrogen-bond acceptors (Lipinski definition) is 5. The molecule has 7 heteroatoms. The van der Waals surface area contributed by atoms with Crippen molar-refractivity contribution in [3.8, 4) is 5.69 Å². The summed E-state index contributed by atoms with van der Waals surface area (Å²) in [5.74, 6) is -0.0898. The second kappa shape index (κ2) is 9.78. The number of carbonyl (C=O) groups excluding carboxylic acids is 1.